The number of rotatable bonds is 3. The van der Waals surface area contributed by atoms with E-state index in [1.165, 1.54) is 5.57 Å². The van der Waals surface area contributed by atoms with E-state index in [0.717, 1.165) is 18.9 Å². The van der Waals surface area contributed by atoms with Gasteiger partial charge in [-0.3, -0.25) is 0 Å². The van der Waals surface area contributed by atoms with Gasteiger partial charge >= 0.3 is 0 Å². The third-order valence-electron chi connectivity index (χ3n) is 1.60. The maximum absolute atomic E-state index is 5.36. The molecule has 4 N–H and O–H groups in total. The van der Waals surface area contributed by atoms with Crippen molar-refractivity contribution in [1.29, 1.82) is 0 Å². The molecule has 0 atom stereocenters. The molecular weight excluding hydrogens is 138 g/mol. The summed E-state index contributed by atoms with van der Waals surface area (Å²) in [6.07, 6.45) is 4.21. The van der Waals surface area contributed by atoms with Crippen LogP contribution in [0, 0.1) is 0 Å². The first-order valence-electron chi connectivity index (χ1n) is 3.90. The minimum atomic E-state index is 0.669. The summed E-state index contributed by atoms with van der Waals surface area (Å²) >= 11 is 0. The van der Waals surface area contributed by atoms with Crippen LogP contribution in [-0.2, 0) is 0 Å². The van der Waals surface area contributed by atoms with Crippen molar-refractivity contribution in [2.24, 2.45) is 5.73 Å². The lowest BCUT2D eigenvalue weighted by atomic mass is 10.2. The Morgan fingerprint density at radius 1 is 1.73 bits per heavy atom. The molecule has 0 fully saturated rings. The Morgan fingerprint density at radius 2 is 2.55 bits per heavy atom. The molecule has 0 amide bonds. The van der Waals surface area contributed by atoms with Gasteiger partial charge in [-0.05, 0) is 12.5 Å². The van der Waals surface area contributed by atoms with Crippen LogP contribution in [0.2, 0.25) is 0 Å². The van der Waals surface area contributed by atoms with Crippen LogP contribution < -0.4 is 16.4 Å². The van der Waals surface area contributed by atoms with Crippen LogP contribution in [0.4, 0.5) is 0 Å². The van der Waals surface area contributed by atoms with Gasteiger partial charge in [0.15, 0.2) is 0 Å². The fourth-order valence-electron chi connectivity index (χ4n) is 1.02. The quantitative estimate of drug-likeness (QED) is 0.532. The van der Waals surface area contributed by atoms with Crippen molar-refractivity contribution in [2.45, 2.75) is 6.92 Å². The molecule has 0 saturated heterocycles. The number of nitrogens with one attached hydrogen (secondary N) is 2. The van der Waals surface area contributed by atoms with Crippen LogP contribution in [0.15, 0.2) is 23.5 Å². The zero-order chi connectivity index (χ0) is 8.10. The molecule has 0 bridgehead atoms. The molecule has 0 spiro atoms. The molecule has 0 radical (unpaired) electrons. The van der Waals surface area contributed by atoms with Crippen LogP contribution in [0.25, 0.3) is 0 Å². The van der Waals surface area contributed by atoms with Gasteiger partial charge in [0.05, 0.1) is 0 Å². The topological polar surface area (TPSA) is 50.1 Å². The SMILES string of the molecule is CC1=C(NCCN)NCC=C1. The molecule has 0 aromatic rings. The van der Waals surface area contributed by atoms with Crippen molar-refractivity contribution in [1.82, 2.24) is 10.6 Å². The summed E-state index contributed by atoms with van der Waals surface area (Å²) in [5.41, 5.74) is 6.60. The Morgan fingerprint density at radius 3 is 3.18 bits per heavy atom. The van der Waals surface area contributed by atoms with Crippen LogP contribution in [0.5, 0.6) is 0 Å². The van der Waals surface area contributed by atoms with Crippen LogP contribution in [0.1, 0.15) is 6.92 Å². The molecule has 11 heavy (non-hydrogen) atoms. The minimum absolute atomic E-state index is 0.669. The molecule has 0 aromatic heterocycles. The van der Waals surface area contributed by atoms with Crippen molar-refractivity contribution >= 4 is 0 Å². The summed E-state index contributed by atoms with van der Waals surface area (Å²) in [6.45, 7) is 4.47. The molecule has 0 aliphatic carbocycles. The summed E-state index contributed by atoms with van der Waals surface area (Å²) in [7, 11) is 0. The molecule has 0 unspecified atom stereocenters. The van der Waals surface area contributed by atoms with E-state index in [1.807, 2.05) is 0 Å². The summed E-state index contributed by atoms with van der Waals surface area (Å²) < 4.78 is 0. The van der Waals surface area contributed by atoms with E-state index < -0.39 is 0 Å². The van der Waals surface area contributed by atoms with Gasteiger partial charge in [0.2, 0.25) is 0 Å². The van der Waals surface area contributed by atoms with E-state index in [2.05, 4.69) is 29.7 Å². The highest BCUT2D eigenvalue weighted by molar-refractivity contribution is 5.25. The molecule has 1 rings (SSSR count). The number of dihydropyridines is 1. The van der Waals surface area contributed by atoms with Gasteiger partial charge in [-0.25, -0.2) is 0 Å². The molecule has 3 heteroatoms. The highest BCUT2D eigenvalue weighted by atomic mass is 15.1. The molecule has 1 aliphatic rings. The van der Waals surface area contributed by atoms with E-state index in [-0.39, 0.29) is 0 Å². The zero-order valence-electron chi connectivity index (χ0n) is 6.85. The molecule has 1 aliphatic heterocycles. The molecule has 0 aromatic carbocycles. The standard InChI is InChI=1S/C8H15N3/c1-7-3-2-5-10-8(7)11-6-4-9/h2-3,10-11H,4-6,9H2,1H3. The van der Waals surface area contributed by atoms with E-state index in [4.69, 9.17) is 5.73 Å². The summed E-state index contributed by atoms with van der Waals surface area (Å²) in [5.74, 6) is 1.11. The lowest BCUT2D eigenvalue weighted by Crippen LogP contribution is -2.32. The first kappa shape index (κ1) is 8.14. The van der Waals surface area contributed by atoms with Gasteiger partial charge in [-0.2, -0.15) is 0 Å². The van der Waals surface area contributed by atoms with Crippen LogP contribution in [-0.4, -0.2) is 19.6 Å². The third-order valence-corrected chi connectivity index (χ3v) is 1.60. The minimum Gasteiger partial charge on any atom is -0.370 e. The first-order chi connectivity index (χ1) is 5.34. The summed E-state index contributed by atoms with van der Waals surface area (Å²) in [6, 6.07) is 0. The van der Waals surface area contributed by atoms with Gasteiger partial charge in [-0.1, -0.05) is 12.2 Å². The monoisotopic (exact) mass is 153 g/mol. The molecule has 0 saturated carbocycles. The maximum Gasteiger partial charge on any atom is 0.102 e. The lowest BCUT2D eigenvalue weighted by molar-refractivity contribution is 0.698. The smallest absolute Gasteiger partial charge is 0.102 e. The van der Waals surface area contributed by atoms with Crippen LogP contribution in [0.3, 0.4) is 0 Å². The average molecular weight is 153 g/mol. The Labute approximate surface area is 67.3 Å². The Balaban J connectivity index is 2.46. The number of allylic oxidation sites excluding steroid dienone is 2. The largest absolute Gasteiger partial charge is 0.370 e. The third kappa shape index (κ3) is 2.27. The number of nitrogens with two attached hydrogens (primary N) is 1. The van der Waals surface area contributed by atoms with Gasteiger partial charge in [-0.15, -0.1) is 0 Å². The van der Waals surface area contributed by atoms with Gasteiger partial charge in [0, 0.05) is 19.6 Å². The Bertz CT molecular complexity index is 182. The van der Waals surface area contributed by atoms with Gasteiger partial charge < -0.3 is 16.4 Å². The lowest BCUT2D eigenvalue weighted by Gasteiger charge is -2.16. The maximum atomic E-state index is 5.36. The Hall–Kier alpha value is -0.960. The van der Waals surface area contributed by atoms with Crippen molar-refractivity contribution < 1.29 is 0 Å². The Kier molecular flexibility index (Phi) is 2.98. The van der Waals surface area contributed by atoms with E-state index in [1.54, 1.807) is 0 Å². The summed E-state index contributed by atoms with van der Waals surface area (Å²) in [5, 5.41) is 6.44. The fraction of sp³-hybridized carbons (Fsp3) is 0.500. The van der Waals surface area contributed by atoms with Crippen molar-refractivity contribution in [3.8, 4) is 0 Å². The summed E-state index contributed by atoms with van der Waals surface area (Å²) in [4.78, 5) is 0. The van der Waals surface area contributed by atoms with Crippen molar-refractivity contribution in [3.05, 3.63) is 23.5 Å². The van der Waals surface area contributed by atoms with Crippen molar-refractivity contribution in [2.75, 3.05) is 19.6 Å². The second-order valence-electron chi connectivity index (χ2n) is 2.56. The van der Waals surface area contributed by atoms with Gasteiger partial charge in [0.25, 0.3) is 0 Å². The fourth-order valence-corrected chi connectivity index (χ4v) is 1.02. The number of hydrogen-bond donors (Lipinski definition) is 3. The van der Waals surface area contributed by atoms with Gasteiger partial charge in [0.1, 0.15) is 5.82 Å². The van der Waals surface area contributed by atoms with Crippen LogP contribution >= 0.6 is 0 Å². The normalized spacial score (nSPS) is 16.5. The molecule has 3 nitrogen and oxygen atoms in total. The van der Waals surface area contributed by atoms with E-state index >= 15 is 0 Å². The second kappa shape index (κ2) is 4.03. The van der Waals surface area contributed by atoms with E-state index in [9.17, 15) is 0 Å². The average Bonchev–Trinajstić information content (AvgIpc) is 2.03. The predicted molar refractivity (Wildman–Crippen MR) is 46.9 cm³/mol. The molecule has 62 valence electrons. The zero-order valence-corrected chi connectivity index (χ0v) is 6.85. The van der Waals surface area contributed by atoms with E-state index in [0.29, 0.717) is 6.54 Å². The highest BCUT2D eigenvalue weighted by Gasteiger charge is 2.00. The first-order valence-corrected chi connectivity index (χ1v) is 3.90. The molecule has 1 heterocycles. The van der Waals surface area contributed by atoms with Crippen molar-refractivity contribution in [3.63, 3.8) is 0 Å². The second-order valence-corrected chi connectivity index (χ2v) is 2.56. The highest BCUT2D eigenvalue weighted by Crippen LogP contribution is 2.02. The number of hydrogen-bond acceptors (Lipinski definition) is 3. The molecular formula is C8H15N3. The predicted octanol–water partition coefficient (Wildman–Crippen LogP) is -0.0744.